The molecule has 2 rings (SSSR count). The van der Waals surface area contributed by atoms with Crippen molar-refractivity contribution in [3.63, 3.8) is 0 Å². The highest BCUT2D eigenvalue weighted by Gasteiger charge is 2.46. The van der Waals surface area contributed by atoms with Crippen LogP contribution in [0.4, 0.5) is 0 Å². The first-order valence-electron chi connectivity index (χ1n) is 5.49. The maximum absolute atomic E-state index is 10.4. The van der Waals surface area contributed by atoms with Gasteiger partial charge in [-0.25, -0.2) is 0 Å². The van der Waals surface area contributed by atoms with Gasteiger partial charge in [0, 0.05) is 0 Å². The van der Waals surface area contributed by atoms with Gasteiger partial charge < -0.3 is 4.74 Å². The Labute approximate surface area is 79.7 Å². The van der Waals surface area contributed by atoms with Gasteiger partial charge in [-0.15, -0.1) is 0 Å². The van der Waals surface area contributed by atoms with Crippen LogP contribution in [0.3, 0.4) is 0 Å². The Balaban J connectivity index is 1.97. The van der Waals surface area contributed by atoms with Crippen LogP contribution in [0.25, 0.3) is 0 Å². The van der Waals surface area contributed by atoms with Gasteiger partial charge in [-0.1, -0.05) is 19.3 Å². The van der Waals surface area contributed by atoms with Crippen LogP contribution in [0.5, 0.6) is 0 Å². The molecule has 2 aliphatic rings. The third kappa shape index (κ3) is 1.59. The Morgan fingerprint density at radius 3 is 2.23 bits per heavy atom. The molecule has 0 aromatic heterocycles. The number of ether oxygens (including phenoxy) is 1. The van der Waals surface area contributed by atoms with E-state index in [0.29, 0.717) is 12.4 Å². The smallest absolute Gasteiger partial charge is 0.293 e. The SMILES string of the molecule is O=COC1(C2CCCCC2)CCC1. The fourth-order valence-electron chi connectivity index (χ4n) is 2.87. The largest absolute Gasteiger partial charge is 0.461 e. The van der Waals surface area contributed by atoms with Gasteiger partial charge in [0.1, 0.15) is 5.60 Å². The van der Waals surface area contributed by atoms with E-state index in [1.165, 1.54) is 38.5 Å². The summed E-state index contributed by atoms with van der Waals surface area (Å²) >= 11 is 0. The summed E-state index contributed by atoms with van der Waals surface area (Å²) in [4.78, 5) is 10.4. The highest BCUT2D eigenvalue weighted by molar-refractivity contribution is 5.39. The molecule has 2 fully saturated rings. The first kappa shape index (κ1) is 9.04. The summed E-state index contributed by atoms with van der Waals surface area (Å²) in [5.41, 5.74) is -0.0256. The molecule has 2 heteroatoms. The lowest BCUT2D eigenvalue weighted by Crippen LogP contribution is -2.47. The molecule has 0 aliphatic heterocycles. The van der Waals surface area contributed by atoms with E-state index < -0.39 is 0 Å². The van der Waals surface area contributed by atoms with Crippen molar-refractivity contribution in [2.24, 2.45) is 5.92 Å². The highest BCUT2D eigenvalue weighted by Crippen LogP contribution is 2.47. The first-order chi connectivity index (χ1) is 6.37. The quantitative estimate of drug-likeness (QED) is 0.627. The zero-order valence-electron chi connectivity index (χ0n) is 8.13. The minimum atomic E-state index is -0.0256. The molecule has 0 amide bonds. The summed E-state index contributed by atoms with van der Waals surface area (Å²) < 4.78 is 5.32. The van der Waals surface area contributed by atoms with Gasteiger partial charge in [-0.3, -0.25) is 4.79 Å². The zero-order chi connectivity index (χ0) is 9.15. The molecule has 0 aromatic carbocycles. The topological polar surface area (TPSA) is 26.3 Å². The highest BCUT2D eigenvalue weighted by atomic mass is 16.5. The van der Waals surface area contributed by atoms with Crippen LogP contribution in [0.1, 0.15) is 51.4 Å². The van der Waals surface area contributed by atoms with Gasteiger partial charge in [0.15, 0.2) is 0 Å². The second-order valence-corrected chi connectivity index (χ2v) is 4.47. The zero-order valence-corrected chi connectivity index (χ0v) is 8.13. The number of carbonyl (C=O) groups excluding carboxylic acids is 1. The molecule has 2 aliphatic carbocycles. The van der Waals surface area contributed by atoms with E-state index in [9.17, 15) is 4.79 Å². The van der Waals surface area contributed by atoms with Gasteiger partial charge in [-0.2, -0.15) is 0 Å². The van der Waals surface area contributed by atoms with Crippen molar-refractivity contribution >= 4 is 6.47 Å². The summed E-state index contributed by atoms with van der Waals surface area (Å²) in [6.07, 6.45) is 10.0. The predicted octanol–water partition coefficient (Wildman–Crippen LogP) is 2.66. The molecule has 0 N–H and O–H groups in total. The summed E-state index contributed by atoms with van der Waals surface area (Å²) in [7, 11) is 0. The maximum atomic E-state index is 10.4. The number of hydrogen-bond donors (Lipinski definition) is 0. The summed E-state index contributed by atoms with van der Waals surface area (Å²) in [6, 6.07) is 0. The molecule has 0 spiro atoms. The molecular formula is C11H18O2. The lowest BCUT2D eigenvalue weighted by molar-refractivity contribution is -0.166. The molecule has 2 nitrogen and oxygen atoms in total. The fraction of sp³-hybridized carbons (Fsp3) is 0.909. The summed E-state index contributed by atoms with van der Waals surface area (Å²) in [5.74, 6) is 0.667. The lowest BCUT2D eigenvalue weighted by atomic mass is 9.66. The van der Waals surface area contributed by atoms with E-state index in [1.54, 1.807) is 0 Å². The number of rotatable bonds is 3. The van der Waals surface area contributed by atoms with Crippen LogP contribution in [-0.2, 0) is 9.53 Å². The van der Waals surface area contributed by atoms with Crippen molar-refractivity contribution in [2.75, 3.05) is 0 Å². The monoisotopic (exact) mass is 182 g/mol. The fourth-order valence-corrected chi connectivity index (χ4v) is 2.87. The number of hydrogen-bond acceptors (Lipinski definition) is 2. The standard InChI is InChI=1S/C11H18O2/c12-9-13-11(7-4-8-11)10-5-2-1-3-6-10/h9-10H,1-8H2. The van der Waals surface area contributed by atoms with Crippen molar-refractivity contribution in [2.45, 2.75) is 57.0 Å². The van der Waals surface area contributed by atoms with Crippen LogP contribution in [0.15, 0.2) is 0 Å². The second-order valence-electron chi connectivity index (χ2n) is 4.47. The van der Waals surface area contributed by atoms with E-state index in [1.807, 2.05) is 0 Å². The molecule has 0 unspecified atom stereocenters. The van der Waals surface area contributed by atoms with Gasteiger partial charge in [-0.05, 0) is 38.0 Å². The molecule has 0 bridgehead atoms. The van der Waals surface area contributed by atoms with E-state index in [0.717, 1.165) is 12.8 Å². The Kier molecular flexibility index (Phi) is 2.56. The van der Waals surface area contributed by atoms with Gasteiger partial charge in [0.25, 0.3) is 6.47 Å². The molecule has 0 radical (unpaired) electrons. The maximum Gasteiger partial charge on any atom is 0.293 e. The van der Waals surface area contributed by atoms with E-state index in [4.69, 9.17) is 4.74 Å². The van der Waals surface area contributed by atoms with Crippen LogP contribution in [0.2, 0.25) is 0 Å². The Bertz CT molecular complexity index is 179. The molecule has 2 saturated carbocycles. The Morgan fingerprint density at radius 1 is 1.08 bits per heavy atom. The van der Waals surface area contributed by atoms with Crippen LogP contribution in [0, 0.1) is 5.92 Å². The molecule has 74 valence electrons. The van der Waals surface area contributed by atoms with Gasteiger partial charge in [0.05, 0.1) is 0 Å². The first-order valence-corrected chi connectivity index (χ1v) is 5.49. The van der Waals surface area contributed by atoms with Crippen LogP contribution in [-0.4, -0.2) is 12.1 Å². The lowest BCUT2D eigenvalue weighted by Gasteiger charge is -2.47. The average molecular weight is 182 g/mol. The van der Waals surface area contributed by atoms with Crippen molar-refractivity contribution in [3.05, 3.63) is 0 Å². The molecular weight excluding hydrogens is 164 g/mol. The minimum absolute atomic E-state index is 0.0256. The van der Waals surface area contributed by atoms with Crippen LogP contribution < -0.4 is 0 Å². The second kappa shape index (κ2) is 3.69. The van der Waals surface area contributed by atoms with E-state index >= 15 is 0 Å². The molecule has 0 saturated heterocycles. The third-order valence-corrected chi connectivity index (χ3v) is 3.83. The average Bonchev–Trinajstić information content (AvgIpc) is 2.13. The molecule has 13 heavy (non-hydrogen) atoms. The minimum Gasteiger partial charge on any atom is -0.461 e. The van der Waals surface area contributed by atoms with Crippen molar-refractivity contribution < 1.29 is 9.53 Å². The Hall–Kier alpha value is -0.530. The summed E-state index contributed by atoms with van der Waals surface area (Å²) in [6.45, 7) is 0.660. The third-order valence-electron chi connectivity index (χ3n) is 3.83. The van der Waals surface area contributed by atoms with Crippen molar-refractivity contribution in [1.82, 2.24) is 0 Å². The Morgan fingerprint density at radius 2 is 1.77 bits per heavy atom. The van der Waals surface area contributed by atoms with Crippen molar-refractivity contribution in [3.8, 4) is 0 Å². The van der Waals surface area contributed by atoms with Crippen LogP contribution >= 0.6 is 0 Å². The predicted molar refractivity (Wildman–Crippen MR) is 50.3 cm³/mol. The van der Waals surface area contributed by atoms with E-state index in [2.05, 4.69) is 0 Å². The normalized spacial score (nSPS) is 27.7. The van der Waals surface area contributed by atoms with E-state index in [-0.39, 0.29) is 5.60 Å². The van der Waals surface area contributed by atoms with Gasteiger partial charge in [0.2, 0.25) is 0 Å². The molecule has 0 heterocycles. The number of carbonyl (C=O) groups is 1. The summed E-state index contributed by atoms with van der Waals surface area (Å²) in [5, 5.41) is 0. The molecule has 0 atom stereocenters. The van der Waals surface area contributed by atoms with Crippen molar-refractivity contribution in [1.29, 1.82) is 0 Å². The molecule has 0 aromatic rings. The van der Waals surface area contributed by atoms with Gasteiger partial charge >= 0.3 is 0 Å².